The third-order valence-electron chi connectivity index (χ3n) is 13.3. The van der Waals surface area contributed by atoms with Crippen LogP contribution in [0.25, 0.3) is 0 Å². The Morgan fingerprint density at radius 1 is 0.333 bits per heavy atom. The highest BCUT2D eigenvalue weighted by Gasteiger charge is 2.19. The van der Waals surface area contributed by atoms with Crippen molar-refractivity contribution in [2.75, 3.05) is 13.2 Å². The second kappa shape index (κ2) is 49.8. The van der Waals surface area contributed by atoms with E-state index >= 15 is 0 Å². The molecule has 0 radical (unpaired) electrons. The largest absolute Gasteiger partial charge is 0.462 e. The molecule has 1 unspecified atom stereocenters. The van der Waals surface area contributed by atoms with E-state index in [0.717, 1.165) is 69.6 Å². The molecular formula is C57H110O6. The molecule has 0 aliphatic carbocycles. The van der Waals surface area contributed by atoms with Gasteiger partial charge in [-0.1, -0.05) is 279 Å². The molecule has 0 rings (SSSR count). The Hall–Kier alpha value is -1.59. The molecule has 0 bridgehead atoms. The molecule has 0 aliphatic rings. The van der Waals surface area contributed by atoms with Gasteiger partial charge in [0.05, 0.1) is 0 Å². The summed E-state index contributed by atoms with van der Waals surface area (Å²) in [5.41, 5.74) is 0. The van der Waals surface area contributed by atoms with Gasteiger partial charge in [-0.15, -0.1) is 0 Å². The van der Waals surface area contributed by atoms with Crippen molar-refractivity contribution in [3.63, 3.8) is 0 Å². The molecule has 63 heavy (non-hydrogen) atoms. The number of carbonyl (C=O) groups is 3. The monoisotopic (exact) mass is 891 g/mol. The Morgan fingerprint density at radius 2 is 0.603 bits per heavy atom. The lowest BCUT2D eigenvalue weighted by Crippen LogP contribution is -2.30. The van der Waals surface area contributed by atoms with E-state index in [1.807, 2.05) is 0 Å². The molecule has 0 aromatic rings. The van der Waals surface area contributed by atoms with Crippen LogP contribution in [0.5, 0.6) is 0 Å². The Bertz CT molecular complexity index is 964. The minimum atomic E-state index is -0.763. The van der Waals surface area contributed by atoms with Crippen LogP contribution < -0.4 is 0 Å². The number of unbranched alkanes of at least 4 members (excludes halogenated alkanes) is 35. The molecule has 0 saturated heterocycles. The minimum Gasteiger partial charge on any atom is -0.462 e. The zero-order valence-corrected chi connectivity index (χ0v) is 43.2. The van der Waals surface area contributed by atoms with Gasteiger partial charge >= 0.3 is 17.9 Å². The van der Waals surface area contributed by atoms with E-state index in [0.29, 0.717) is 19.3 Å². The van der Waals surface area contributed by atoms with Gasteiger partial charge in [-0.2, -0.15) is 0 Å². The molecule has 0 aromatic carbocycles. The summed E-state index contributed by atoms with van der Waals surface area (Å²) in [5, 5.41) is 0. The first-order valence-corrected chi connectivity index (χ1v) is 28.3. The van der Waals surface area contributed by atoms with Crippen LogP contribution in [0.15, 0.2) is 0 Å². The molecule has 0 N–H and O–H groups in total. The van der Waals surface area contributed by atoms with Crippen LogP contribution in [0.1, 0.15) is 317 Å². The summed E-state index contributed by atoms with van der Waals surface area (Å²) in [6.07, 6.45) is 52.3. The fourth-order valence-corrected chi connectivity index (χ4v) is 8.66. The zero-order valence-electron chi connectivity index (χ0n) is 43.2. The molecule has 374 valence electrons. The lowest BCUT2D eigenvalue weighted by molar-refractivity contribution is -0.167. The summed E-state index contributed by atoms with van der Waals surface area (Å²) < 4.78 is 16.9. The van der Waals surface area contributed by atoms with Crippen LogP contribution in [0.2, 0.25) is 0 Å². The lowest BCUT2D eigenvalue weighted by atomic mass is 9.99. The first kappa shape index (κ1) is 61.4. The smallest absolute Gasteiger partial charge is 0.306 e. The number of ether oxygens (including phenoxy) is 3. The number of hydrogen-bond donors (Lipinski definition) is 0. The van der Waals surface area contributed by atoms with E-state index < -0.39 is 6.10 Å². The minimum absolute atomic E-state index is 0.0635. The van der Waals surface area contributed by atoms with E-state index in [1.54, 1.807) is 0 Å². The molecule has 6 heteroatoms. The van der Waals surface area contributed by atoms with E-state index in [2.05, 4.69) is 34.6 Å². The summed E-state index contributed by atoms with van der Waals surface area (Å²) in [6, 6.07) is 0. The highest BCUT2D eigenvalue weighted by molar-refractivity contribution is 5.71. The zero-order chi connectivity index (χ0) is 46.1. The topological polar surface area (TPSA) is 78.9 Å². The standard InChI is InChI=1S/C57H110O6/c1-6-8-9-10-11-12-13-14-15-16-17-18-19-20-21-27-32-37-42-47-55(58)61-50-54(63-57(60)49-44-39-34-29-24-25-30-35-40-45-52(3)4)51-62-56(59)48-43-38-33-28-23-22-26-31-36-41-46-53(5)7-2/h52-54H,6-51H2,1-5H3/t53?,54-/m1/s1. The first-order valence-electron chi connectivity index (χ1n) is 28.3. The number of rotatable bonds is 51. The summed E-state index contributed by atoms with van der Waals surface area (Å²) >= 11 is 0. The second-order valence-corrected chi connectivity index (χ2v) is 20.3. The van der Waals surface area contributed by atoms with Gasteiger partial charge in [0.25, 0.3) is 0 Å². The maximum Gasteiger partial charge on any atom is 0.306 e. The number of esters is 3. The van der Waals surface area contributed by atoms with Crippen molar-refractivity contribution in [3.05, 3.63) is 0 Å². The summed E-state index contributed by atoms with van der Waals surface area (Å²) in [4.78, 5) is 38.1. The van der Waals surface area contributed by atoms with E-state index in [1.165, 1.54) is 205 Å². The highest BCUT2D eigenvalue weighted by Crippen LogP contribution is 2.18. The van der Waals surface area contributed by atoms with Crippen LogP contribution in [0, 0.1) is 11.8 Å². The van der Waals surface area contributed by atoms with Crippen LogP contribution >= 0.6 is 0 Å². The van der Waals surface area contributed by atoms with Gasteiger partial charge in [0.1, 0.15) is 13.2 Å². The van der Waals surface area contributed by atoms with Crippen molar-refractivity contribution in [2.45, 2.75) is 323 Å². The van der Waals surface area contributed by atoms with Gasteiger partial charge in [0.2, 0.25) is 0 Å². The molecule has 0 saturated carbocycles. The molecule has 0 amide bonds. The maximum atomic E-state index is 12.8. The molecule has 2 atom stereocenters. The van der Waals surface area contributed by atoms with Crippen molar-refractivity contribution in [1.29, 1.82) is 0 Å². The maximum absolute atomic E-state index is 12.8. The average molecular weight is 892 g/mol. The SMILES string of the molecule is CCCCCCCCCCCCCCCCCCCCCC(=O)OC[C@H](COC(=O)CCCCCCCCCCCCC(C)CC)OC(=O)CCCCCCCCCCCC(C)C. The van der Waals surface area contributed by atoms with Crippen LogP contribution in [-0.4, -0.2) is 37.2 Å². The van der Waals surface area contributed by atoms with Gasteiger partial charge in [0, 0.05) is 19.3 Å². The summed E-state index contributed by atoms with van der Waals surface area (Å²) in [7, 11) is 0. The summed E-state index contributed by atoms with van der Waals surface area (Å²) in [5.74, 6) is 0.831. The molecule has 0 aliphatic heterocycles. The first-order chi connectivity index (χ1) is 30.8. The average Bonchev–Trinajstić information content (AvgIpc) is 3.27. The lowest BCUT2D eigenvalue weighted by Gasteiger charge is -2.18. The van der Waals surface area contributed by atoms with Gasteiger partial charge in [0.15, 0.2) is 6.10 Å². The fraction of sp³-hybridized carbons (Fsp3) is 0.947. The van der Waals surface area contributed by atoms with Crippen molar-refractivity contribution in [1.82, 2.24) is 0 Å². The van der Waals surface area contributed by atoms with Crippen LogP contribution in [0.4, 0.5) is 0 Å². The predicted octanol–water partition coefficient (Wildman–Crippen LogP) is 18.5. The predicted molar refractivity (Wildman–Crippen MR) is 270 cm³/mol. The van der Waals surface area contributed by atoms with E-state index in [4.69, 9.17) is 14.2 Å². The summed E-state index contributed by atoms with van der Waals surface area (Å²) in [6.45, 7) is 11.4. The Morgan fingerprint density at radius 3 is 0.905 bits per heavy atom. The Balaban J connectivity index is 4.26. The molecule has 0 aromatic heterocycles. The van der Waals surface area contributed by atoms with Crippen molar-refractivity contribution >= 4 is 17.9 Å². The van der Waals surface area contributed by atoms with E-state index in [9.17, 15) is 14.4 Å². The highest BCUT2D eigenvalue weighted by atomic mass is 16.6. The van der Waals surface area contributed by atoms with Gasteiger partial charge in [-0.25, -0.2) is 0 Å². The molecular weight excluding hydrogens is 781 g/mol. The van der Waals surface area contributed by atoms with Gasteiger partial charge in [-0.3, -0.25) is 14.4 Å². The van der Waals surface area contributed by atoms with Gasteiger partial charge < -0.3 is 14.2 Å². The number of carbonyl (C=O) groups excluding carboxylic acids is 3. The van der Waals surface area contributed by atoms with Crippen LogP contribution in [0.3, 0.4) is 0 Å². The van der Waals surface area contributed by atoms with E-state index in [-0.39, 0.29) is 31.1 Å². The number of hydrogen-bond acceptors (Lipinski definition) is 6. The third-order valence-corrected chi connectivity index (χ3v) is 13.3. The quantitative estimate of drug-likeness (QED) is 0.0344. The molecule has 0 fully saturated rings. The van der Waals surface area contributed by atoms with Crippen LogP contribution in [-0.2, 0) is 28.6 Å². The Labute approximate surface area is 393 Å². The Kier molecular flexibility index (Phi) is 48.6. The fourth-order valence-electron chi connectivity index (χ4n) is 8.66. The normalized spacial score (nSPS) is 12.5. The molecule has 0 spiro atoms. The van der Waals surface area contributed by atoms with Crippen molar-refractivity contribution in [2.24, 2.45) is 11.8 Å². The third kappa shape index (κ3) is 49.7. The molecule has 6 nitrogen and oxygen atoms in total. The van der Waals surface area contributed by atoms with Crippen molar-refractivity contribution < 1.29 is 28.6 Å². The van der Waals surface area contributed by atoms with Gasteiger partial charge in [-0.05, 0) is 31.1 Å². The van der Waals surface area contributed by atoms with Crippen molar-refractivity contribution in [3.8, 4) is 0 Å². The second-order valence-electron chi connectivity index (χ2n) is 20.3. The molecule has 0 heterocycles.